The van der Waals surface area contributed by atoms with E-state index in [1.807, 2.05) is 37.3 Å². The number of thiocarbonyl (C=S) groups is 1. The molecule has 1 unspecified atom stereocenters. The Labute approximate surface area is 94.9 Å². The Kier molecular flexibility index (Phi) is 4.43. The lowest BCUT2D eigenvalue weighted by molar-refractivity contribution is -0.139. The van der Waals surface area contributed by atoms with Crippen molar-refractivity contribution in [2.75, 3.05) is 0 Å². The second-order valence-electron chi connectivity index (χ2n) is 3.41. The molecule has 2 nitrogen and oxygen atoms in total. The molecule has 0 heterocycles. The summed E-state index contributed by atoms with van der Waals surface area (Å²) in [6, 6.07) is 9.34. The Balaban J connectivity index is 2.86. The highest BCUT2D eigenvalue weighted by Gasteiger charge is 2.22. The van der Waals surface area contributed by atoms with Gasteiger partial charge in [-0.15, -0.1) is 0 Å². The maximum atomic E-state index is 11.0. The van der Waals surface area contributed by atoms with Crippen molar-refractivity contribution in [2.45, 2.75) is 19.8 Å². The molecule has 3 heteroatoms. The fourth-order valence-corrected chi connectivity index (χ4v) is 1.81. The molecule has 1 N–H and O–H groups in total. The number of carboxylic acid groups (broad SMARTS) is 1. The van der Waals surface area contributed by atoms with Crippen LogP contribution in [0.5, 0.6) is 0 Å². The van der Waals surface area contributed by atoms with Gasteiger partial charge < -0.3 is 5.11 Å². The van der Waals surface area contributed by atoms with Crippen LogP contribution < -0.4 is 0 Å². The lowest BCUT2D eigenvalue weighted by Gasteiger charge is -2.12. The van der Waals surface area contributed by atoms with Crippen molar-refractivity contribution in [3.8, 4) is 0 Å². The van der Waals surface area contributed by atoms with Crippen LogP contribution in [0.1, 0.15) is 25.3 Å². The maximum absolute atomic E-state index is 11.0. The molecule has 0 aliphatic heterocycles. The minimum atomic E-state index is -0.828. The molecule has 0 spiro atoms. The molecule has 0 bridgehead atoms. The Morgan fingerprint density at radius 1 is 1.40 bits per heavy atom. The second-order valence-corrected chi connectivity index (χ2v) is 3.85. The molecule has 1 atom stereocenters. The van der Waals surface area contributed by atoms with E-state index in [-0.39, 0.29) is 0 Å². The summed E-state index contributed by atoms with van der Waals surface area (Å²) < 4.78 is 0. The Hall–Kier alpha value is -1.22. The standard InChI is InChI=1S/C12H14O2S/c1-2-6-10(12(13)14)11(15)9-7-4-3-5-8-9/h3-5,7-8,10H,2,6H2,1H3,(H,13,14). The van der Waals surface area contributed by atoms with Gasteiger partial charge in [0.2, 0.25) is 0 Å². The summed E-state index contributed by atoms with van der Waals surface area (Å²) in [5.74, 6) is -1.36. The van der Waals surface area contributed by atoms with Crippen LogP contribution in [0, 0.1) is 5.92 Å². The fourth-order valence-electron chi connectivity index (χ4n) is 1.46. The largest absolute Gasteiger partial charge is 0.481 e. The van der Waals surface area contributed by atoms with E-state index in [2.05, 4.69) is 0 Å². The Morgan fingerprint density at radius 3 is 2.47 bits per heavy atom. The zero-order valence-corrected chi connectivity index (χ0v) is 9.46. The SMILES string of the molecule is CCCC(C(=O)O)C(=S)c1ccccc1. The summed E-state index contributed by atoms with van der Waals surface area (Å²) in [5.41, 5.74) is 0.841. The van der Waals surface area contributed by atoms with Gasteiger partial charge in [-0.3, -0.25) is 4.79 Å². The molecular weight excluding hydrogens is 208 g/mol. The van der Waals surface area contributed by atoms with Crippen LogP contribution in [0.3, 0.4) is 0 Å². The second kappa shape index (κ2) is 5.61. The van der Waals surface area contributed by atoms with Gasteiger partial charge in [0.15, 0.2) is 0 Å². The van der Waals surface area contributed by atoms with Crippen molar-refractivity contribution in [1.29, 1.82) is 0 Å². The van der Waals surface area contributed by atoms with Gasteiger partial charge in [0.25, 0.3) is 0 Å². The van der Waals surface area contributed by atoms with E-state index in [1.54, 1.807) is 0 Å². The lowest BCUT2D eigenvalue weighted by Crippen LogP contribution is -2.22. The van der Waals surface area contributed by atoms with Gasteiger partial charge >= 0.3 is 5.97 Å². The van der Waals surface area contributed by atoms with E-state index in [9.17, 15) is 4.79 Å². The molecule has 1 aromatic rings. The van der Waals surface area contributed by atoms with Gasteiger partial charge in [0.05, 0.1) is 5.92 Å². The van der Waals surface area contributed by atoms with Gasteiger partial charge in [-0.25, -0.2) is 0 Å². The van der Waals surface area contributed by atoms with E-state index in [4.69, 9.17) is 17.3 Å². The third kappa shape index (κ3) is 3.13. The quantitative estimate of drug-likeness (QED) is 0.615. The molecular formula is C12H14O2S. The van der Waals surface area contributed by atoms with Crippen LogP contribution in [-0.2, 0) is 4.79 Å². The van der Waals surface area contributed by atoms with Gasteiger partial charge in [-0.1, -0.05) is 55.9 Å². The van der Waals surface area contributed by atoms with Gasteiger partial charge in [0.1, 0.15) is 0 Å². The first-order valence-electron chi connectivity index (χ1n) is 4.99. The molecule has 0 fully saturated rings. The number of hydrogen-bond acceptors (Lipinski definition) is 2. The molecule has 80 valence electrons. The van der Waals surface area contributed by atoms with Crippen LogP contribution in [0.2, 0.25) is 0 Å². The summed E-state index contributed by atoms with van der Waals surface area (Å²) in [7, 11) is 0. The average Bonchev–Trinajstić information content (AvgIpc) is 2.26. The van der Waals surface area contributed by atoms with Crippen LogP contribution >= 0.6 is 12.2 Å². The van der Waals surface area contributed by atoms with Crippen molar-refractivity contribution in [3.63, 3.8) is 0 Å². The molecule has 0 saturated heterocycles. The van der Waals surface area contributed by atoms with E-state index in [1.165, 1.54) is 0 Å². The highest BCUT2D eigenvalue weighted by atomic mass is 32.1. The number of hydrogen-bond donors (Lipinski definition) is 1. The van der Waals surface area contributed by atoms with Crippen molar-refractivity contribution < 1.29 is 9.90 Å². The third-order valence-electron chi connectivity index (χ3n) is 2.25. The topological polar surface area (TPSA) is 37.3 Å². The van der Waals surface area contributed by atoms with Gasteiger partial charge in [0, 0.05) is 4.86 Å². The number of carbonyl (C=O) groups is 1. The molecule has 0 radical (unpaired) electrons. The number of rotatable bonds is 5. The van der Waals surface area contributed by atoms with Crippen LogP contribution in [0.15, 0.2) is 30.3 Å². The van der Waals surface area contributed by atoms with Gasteiger partial charge in [-0.2, -0.15) is 0 Å². The predicted octanol–water partition coefficient (Wildman–Crippen LogP) is 2.91. The highest BCUT2D eigenvalue weighted by Crippen LogP contribution is 2.15. The summed E-state index contributed by atoms with van der Waals surface area (Å²) in [6.07, 6.45) is 1.42. The van der Waals surface area contributed by atoms with E-state index in [0.717, 1.165) is 12.0 Å². The molecule has 15 heavy (non-hydrogen) atoms. The van der Waals surface area contributed by atoms with Gasteiger partial charge in [-0.05, 0) is 12.0 Å². The molecule has 1 rings (SSSR count). The van der Waals surface area contributed by atoms with E-state index >= 15 is 0 Å². The predicted molar refractivity (Wildman–Crippen MR) is 64.2 cm³/mol. The van der Waals surface area contributed by atoms with Crippen LogP contribution in [0.4, 0.5) is 0 Å². The highest BCUT2D eigenvalue weighted by molar-refractivity contribution is 7.81. The molecule has 0 aliphatic carbocycles. The van der Waals surface area contributed by atoms with E-state index in [0.29, 0.717) is 11.3 Å². The molecule has 1 aromatic carbocycles. The minimum Gasteiger partial charge on any atom is -0.481 e. The normalized spacial score (nSPS) is 12.1. The fraction of sp³-hybridized carbons (Fsp3) is 0.333. The van der Waals surface area contributed by atoms with Crippen molar-refractivity contribution in [3.05, 3.63) is 35.9 Å². The number of aliphatic carboxylic acids is 1. The summed E-state index contributed by atoms with van der Waals surface area (Å²) in [6.45, 7) is 1.96. The number of carboxylic acids is 1. The third-order valence-corrected chi connectivity index (χ3v) is 2.77. The maximum Gasteiger partial charge on any atom is 0.311 e. The van der Waals surface area contributed by atoms with Crippen molar-refractivity contribution in [1.82, 2.24) is 0 Å². The average molecular weight is 222 g/mol. The Bertz CT molecular complexity index is 346. The minimum absolute atomic E-state index is 0.532. The zero-order valence-electron chi connectivity index (χ0n) is 8.64. The summed E-state index contributed by atoms with van der Waals surface area (Å²) >= 11 is 5.20. The first-order chi connectivity index (χ1) is 7.16. The van der Waals surface area contributed by atoms with Crippen LogP contribution in [-0.4, -0.2) is 15.9 Å². The van der Waals surface area contributed by atoms with Crippen molar-refractivity contribution >= 4 is 23.1 Å². The molecule has 0 saturated carbocycles. The monoisotopic (exact) mass is 222 g/mol. The Morgan fingerprint density at radius 2 is 2.00 bits per heavy atom. The molecule has 0 amide bonds. The molecule has 0 aromatic heterocycles. The van der Waals surface area contributed by atoms with Crippen LogP contribution in [0.25, 0.3) is 0 Å². The van der Waals surface area contributed by atoms with Crippen molar-refractivity contribution in [2.24, 2.45) is 5.92 Å². The number of benzene rings is 1. The first kappa shape index (κ1) is 11.9. The smallest absolute Gasteiger partial charge is 0.311 e. The first-order valence-corrected chi connectivity index (χ1v) is 5.39. The summed E-state index contributed by atoms with van der Waals surface area (Å²) in [5, 5.41) is 9.05. The summed E-state index contributed by atoms with van der Waals surface area (Å²) in [4.78, 5) is 11.5. The lowest BCUT2D eigenvalue weighted by atomic mass is 9.95. The zero-order chi connectivity index (χ0) is 11.3. The molecule has 0 aliphatic rings. The van der Waals surface area contributed by atoms with E-state index < -0.39 is 11.9 Å².